The maximum absolute atomic E-state index is 13.3. The molecule has 1 aromatic heterocycles. The Balaban J connectivity index is 1.34. The normalized spacial score (nSPS) is 19.5. The van der Waals surface area contributed by atoms with Gasteiger partial charge in [-0.25, -0.2) is 13.8 Å². The number of halogens is 3. The highest BCUT2D eigenvalue weighted by atomic mass is 35.5. The van der Waals surface area contributed by atoms with Crippen LogP contribution in [0.1, 0.15) is 25.7 Å². The van der Waals surface area contributed by atoms with Crippen LogP contribution < -0.4 is 15.0 Å². The van der Waals surface area contributed by atoms with E-state index >= 15 is 0 Å². The van der Waals surface area contributed by atoms with E-state index in [2.05, 4.69) is 20.2 Å². The van der Waals surface area contributed by atoms with Crippen LogP contribution in [0.15, 0.2) is 30.5 Å². The SMILES string of the molecule is FC1(F)CCC(COc2nc(Nc3ccc(N4CCOCC4)cc3)ncc2Cl)CC1. The van der Waals surface area contributed by atoms with Crippen molar-refractivity contribution in [3.05, 3.63) is 35.5 Å². The molecule has 162 valence electrons. The molecule has 0 radical (unpaired) electrons. The van der Waals surface area contributed by atoms with Gasteiger partial charge in [0.25, 0.3) is 0 Å². The smallest absolute Gasteiger partial charge is 0.248 e. The van der Waals surface area contributed by atoms with E-state index < -0.39 is 5.92 Å². The average Bonchev–Trinajstić information content (AvgIpc) is 2.76. The van der Waals surface area contributed by atoms with Crippen molar-refractivity contribution in [1.82, 2.24) is 9.97 Å². The second-order valence-corrected chi connectivity index (χ2v) is 8.14. The van der Waals surface area contributed by atoms with Gasteiger partial charge in [-0.3, -0.25) is 0 Å². The van der Waals surface area contributed by atoms with Crippen LogP contribution >= 0.6 is 11.6 Å². The van der Waals surface area contributed by atoms with Crippen molar-refractivity contribution in [1.29, 1.82) is 0 Å². The number of benzene rings is 1. The zero-order valence-corrected chi connectivity index (χ0v) is 17.4. The van der Waals surface area contributed by atoms with Crippen molar-refractivity contribution >= 4 is 28.9 Å². The number of hydrogen-bond donors (Lipinski definition) is 1. The van der Waals surface area contributed by atoms with E-state index in [9.17, 15) is 8.78 Å². The molecule has 30 heavy (non-hydrogen) atoms. The minimum absolute atomic E-state index is 0.0831. The molecule has 2 aromatic rings. The molecule has 4 rings (SSSR count). The molecular weight excluding hydrogens is 414 g/mol. The third kappa shape index (κ3) is 5.49. The molecule has 0 unspecified atom stereocenters. The van der Waals surface area contributed by atoms with Crippen molar-refractivity contribution in [2.24, 2.45) is 5.92 Å². The number of anilines is 3. The molecule has 6 nitrogen and oxygen atoms in total. The zero-order valence-electron chi connectivity index (χ0n) is 16.6. The van der Waals surface area contributed by atoms with E-state index in [-0.39, 0.29) is 24.6 Å². The minimum atomic E-state index is -2.54. The fourth-order valence-corrected chi connectivity index (χ4v) is 3.83. The first-order valence-corrected chi connectivity index (χ1v) is 10.6. The van der Waals surface area contributed by atoms with Gasteiger partial charge < -0.3 is 19.7 Å². The van der Waals surface area contributed by atoms with Gasteiger partial charge in [-0.05, 0) is 43.0 Å². The summed E-state index contributed by atoms with van der Waals surface area (Å²) < 4.78 is 37.7. The molecule has 0 atom stereocenters. The molecule has 0 bridgehead atoms. The first-order valence-electron chi connectivity index (χ1n) is 10.2. The minimum Gasteiger partial charge on any atom is -0.476 e. The van der Waals surface area contributed by atoms with Gasteiger partial charge in [0.15, 0.2) is 0 Å². The maximum atomic E-state index is 13.3. The molecule has 2 heterocycles. The fraction of sp³-hybridized carbons (Fsp3) is 0.524. The Kier molecular flexibility index (Phi) is 6.53. The van der Waals surface area contributed by atoms with Crippen molar-refractivity contribution in [3.63, 3.8) is 0 Å². The molecule has 1 aromatic carbocycles. The molecule has 1 saturated carbocycles. The topological polar surface area (TPSA) is 59.5 Å². The third-order valence-corrected chi connectivity index (χ3v) is 5.76. The van der Waals surface area contributed by atoms with E-state index in [1.165, 1.54) is 6.20 Å². The van der Waals surface area contributed by atoms with Crippen molar-refractivity contribution in [2.75, 3.05) is 43.1 Å². The number of hydrogen-bond acceptors (Lipinski definition) is 6. The van der Waals surface area contributed by atoms with Gasteiger partial charge in [0.05, 0.1) is 26.0 Å². The van der Waals surface area contributed by atoms with Crippen LogP contribution in [0.3, 0.4) is 0 Å². The molecule has 2 fully saturated rings. The first kappa shape index (κ1) is 21.1. The van der Waals surface area contributed by atoms with Crippen LogP contribution in [0.5, 0.6) is 5.88 Å². The molecule has 1 aliphatic carbocycles. The Morgan fingerprint density at radius 1 is 1.17 bits per heavy atom. The summed E-state index contributed by atoms with van der Waals surface area (Å²) in [4.78, 5) is 10.8. The van der Waals surface area contributed by atoms with Crippen LogP contribution in [0, 0.1) is 5.92 Å². The number of rotatable bonds is 6. The lowest BCUT2D eigenvalue weighted by atomic mass is 9.87. The standard InChI is InChI=1S/C21H25ClF2N4O2/c22-18-13-25-20(27-19(18)30-14-15-5-7-21(23,24)8-6-15)26-16-1-3-17(4-2-16)28-9-11-29-12-10-28/h1-4,13,15H,5-12,14H2,(H,25,26,27). The van der Waals surface area contributed by atoms with Crippen molar-refractivity contribution < 1.29 is 18.3 Å². The molecule has 0 amide bonds. The Morgan fingerprint density at radius 2 is 1.87 bits per heavy atom. The van der Waals surface area contributed by atoms with Crippen LogP contribution in [0.2, 0.25) is 5.02 Å². The summed E-state index contributed by atoms with van der Waals surface area (Å²) in [5.74, 6) is -1.84. The first-order chi connectivity index (χ1) is 14.5. The number of nitrogens with one attached hydrogen (secondary N) is 1. The summed E-state index contributed by atoms with van der Waals surface area (Å²) in [6, 6.07) is 8.01. The summed E-state index contributed by atoms with van der Waals surface area (Å²) in [6.45, 7) is 3.56. The second-order valence-electron chi connectivity index (χ2n) is 7.73. The van der Waals surface area contributed by atoms with Gasteiger partial charge in [0.2, 0.25) is 17.8 Å². The van der Waals surface area contributed by atoms with Gasteiger partial charge in [-0.1, -0.05) is 11.6 Å². The van der Waals surface area contributed by atoms with Crippen molar-refractivity contribution in [2.45, 2.75) is 31.6 Å². The number of morpholine rings is 1. The summed E-state index contributed by atoms with van der Waals surface area (Å²) >= 11 is 6.16. The highest BCUT2D eigenvalue weighted by molar-refractivity contribution is 6.31. The van der Waals surface area contributed by atoms with E-state index in [1.807, 2.05) is 24.3 Å². The second kappa shape index (κ2) is 9.31. The van der Waals surface area contributed by atoms with E-state index in [0.29, 0.717) is 30.4 Å². The number of alkyl halides is 2. The van der Waals surface area contributed by atoms with Gasteiger partial charge in [0, 0.05) is 37.3 Å². The summed E-state index contributed by atoms with van der Waals surface area (Å²) in [5, 5.41) is 3.44. The molecule has 1 aliphatic heterocycles. The van der Waals surface area contributed by atoms with E-state index in [0.717, 1.165) is 37.7 Å². The summed E-state index contributed by atoms with van der Waals surface area (Å²) in [6.07, 6.45) is 2.17. The number of nitrogens with zero attached hydrogens (tertiary/aromatic N) is 3. The lowest BCUT2D eigenvalue weighted by molar-refractivity contribution is -0.0499. The summed E-state index contributed by atoms with van der Waals surface area (Å²) in [5.41, 5.74) is 1.98. The van der Waals surface area contributed by atoms with Gasteiger partial charge >= 0.3 is 0 Å². The van der Waals surface area contributed by atoms with Crippen LogP contribution in [0.4, 0.5) is 26.1 Å². The maximum Gasteiger partial charge on any atom is 0.248 e. The van der Waals surface area contributed by atoms with Crippen molar-refractivity contribution in [3.8, 4) is 5.88 Å². The highest BCUT2D eigenvalue weighted by Crippen LogP contribution is 2.36. The number of aromatic nitrogens is 2. The lowest BCUT2D eigenvalue weighted by Crippen LogP contribution is -2.36. The lowest BCUT2D eigenvalue weighted by Gasteiger charge is -2.28. The van der Waals surface area contributed by atoms with Gasteiger partial charge in [-0.2, -0.15) is 4.98 Å². The van der Waals surface area contributed by atoms with Gasteiger partial charge in [-0.15, -0.1) is 0 Å². The molecule has 0 spiro atoms. The fourth-order valence-electron chi connectivity index (χ4n) is 3.68. The molecule has 1 saturated heterocycles. The Labute approximate surface area is 179 Å². The Hall–Kier alpha value is -2.19. The Morgan fingerprint density at radius 3 is 2.57 bits per heavy atom. The molecule has 2 aliphatic rings. The van der Waals surface area contributed by atoms with Crippen LogP contribution in [-0.2, 0) is 4.74 Å². The van der Waals surface area contributed by atoms with E-state index in [1.54, 1.807) is 0 Å². The van der Waals surface area contributed by atoms with Gasteiger partial charge in [0.1, 0.15) is 5.02 Å². The third-order valence-electron chi connectivity index (χ3n) is 5.50. The predicted octanol–water partition coefficient (Wildman–Crippen LogP) is 4.91. The summed E-state index contributed by atoms with van der Waals surface area (Å²) in [7, 11) is 0. The molecular formula is C21H25ClF2N4O2. The highest BCUT2D eigenvalue weighted by Gasteiger charge is 2.35. The molecule has 1 N–H and O–H groups in total. The Bertz CT molecular complexity index is 837. The van der Waals surface area contributed by atoms with Crippen LogP contribution in [-0.4, -0.2) is 48.8 Å². The monoisotopic (exact) mass is 438 g/mol. The predicted molar refractivity (Wildman–Crippen MR) is 112 cm³/mol. The average molecular weight is 439 g/mol. The van der Waals surface area contributed by atoms with Crippen LogP contribution in [0.25, 0.3) is 0 Å². The molecule has 9 heteroatoms. The zero-order chi connectivity index (χ0) is 21.0. The quantitative estimate of drug-likeness (QED) is 0.691. The number of ether oxygens (including phenoxy) is 2. The van der Waals surface area contributed by atoms with E-state index in [4.69, 9.17) is 21.1 Å². The largest absolute Gasteiger partial charge is 0.476 e.